The van der Waals surface area contributed by atoms with Crippen molar-refractivity contribution in [2.45, 2.75) is 26.9 Å². The minimum absolute atomic E-state index is 0.378. The second-order valence-electron chi connectivity index (χ2n) is 7.34. The van der Waals surface area contributed by atoms with Crippen molar-refractivity contribution in [2.24, 2.45) is 7.05 Å². The van der Waals surface area contributed by atoms with E-state index in [1.54, 1.807) is 7.05 Å². The summed E-state index contributed by atoms with van der Waals surface area (Å²) in [5, 5.41) is 0. The Morgan fingerprint density at radius 3 is 2.50 bits per heavy atom. The molecule has 0 saturated carbocycles. The highest BCUT2D eigenvalue weighted by atomic mass is 16.2. The van der Waals surface area contributed by atoms with Gasteiger partial charge in [0.2, 0.25) is 5.95 Å². The molecule has 1 aliphatic rings. The lowest BCUT2D eigenvalue weighted by Gasteiger charge is -2.35. The number of hydrogen-bond acceptors (Lipinski definition) is 5. The van der Waals surface area contributed by atoms with Crippen LogP contribution in [0.1, 0.15) is 18.1 Å². The first kappa shape index (κ1) is 18.5. The lowest BCUT2D eigenvalue weighted by Crippen LogP contribution is -2.47. The molecule has 0 spiro atoms. The molecule has 1 N–H and O–H groups in total. The Balaban J connectivity index is 1.58. The number of benzene rings is 1. The van der Waals surface area contributed by atoms with Crippen LogP contribution in [0, 0.1) is 6.92 Å². The maximum absolute atomic E-state index is 12.4. The Morgan fingerprint density at radius 1 is 1.11 bits per heavy atom. The number of anilines is 1. The van der Waals surface area contributed by atoms with Crippen molar-refractivity contribution >= 4 is 17.1 Å². The zero-order valence-electron chi connectivity index (χ0n) is 16.6. The van der Waals surface area contributed by atoms with Gasteiger partial charge in [0, 0.05) is 46.3 Å². The number of fused-ring (bicyclic) bond motifs is 1. The third-order valence-electron chi connectivity index (χ3n) is 5.61. The average Bonchev–Trinajstić information content (AvgIpc) is 3.09. The number of rotatable bonds is 4. The Bertz CT molecular complexity index is 1120. The van der Waals surface area contributed by atoms with E-state index in [0.29, 0.717) is 17.7 Å². The molecule has 28 heavy (non-hydrogen) atoms. The molecule has 0 unspecified atom stereocenters. The van der Waals surface area contributed by atoms with Crippen molar-refractivity contribution in [2.75, 3.05) is 31.1 Å². The summed E-state index contributed by atoms with van der Waals surface area (Å²) in [6.07, 6.45) is 0. The molecule has 0 bridgehead atoms. The Hall–Kier alpha value is -2.87. The van der Waals surface area contributed by atoms with Crippen LogP contribution in [0.25, 0.3) is 11.2 Å². The van der Waals surface area contributed by atoms with Crippen LogP contribution in [0.4, 0.5) is 5.95 Å². The van der Waals surface area contributed by atoms with Gasteiger partial charge in [0.15, 0.2) is 11.2 Å². The van der Waals surface area contributed by atoms with Gasteiger partial charge in [0.05, 0.1) is 0 Å². The predicted molar refractivity (Wildman–Crippen MR) is 110 cm³/mol. The van der Waals surface area contributed by atoms with Gasteiger partial charge in [0.1, 0.15) is 0 Å². The summed E-state index contributed by atoms with van der Waals surface area (Å²) in [5.74, 6) is 0.764. The molecule has 1 saturated heterocycles. The molecule has 0 aliphatic carbocycles. The molecule has 1 aromatic carbocycles. The maximum Gasteiger partial charge on any atom is 0.329 e. The molecular weight excluding hydrogens is 356 g/mol. The van der Waals surface area contributed by atoms with Crippen molar-refractivity contribution in [3.8, 4) is 0 Å². The third-order valence-corrected chi connectivity index (χ3v) is 5.61. The molecule has 0 radical (unpaired) electrons. The predicted octanol–water partition coefficient (Wildman–Crippen LogP) is 1.07. The van der Waals surface area contributed by atoms with Crippen molar-refractivity contribution in [3.63, 3.8) is 0 Å². The number of imidazole rings is 1. The first-order valence-electron chi connectivity index (χ1n) is 9.71. The van der Waals surface area contributed by atoms with Crippen LogP contribution in [0.2, 0.25) is 0 Å². The molecule has 4 rings (SSSR count). The zero-order valence-corrected chi connectivity index (χ0v) is 16.6. The van der Waals surface area contributed by atoms with Gasteiger partial charge in [-0.1, -0.05) is 24.3 Å². The van der Waals surface area contributed by atoms with Crippen molar-refractivity contribution < 1.29 is 0 Å². The van der Waals surface area contributed by atoms with E-state index in [0.717, 1.165) is 38.7 Å². The summed E-state index contributed by atoms with van der Waals surface area (Å²) in [6, 6.07) is 8.49. The number of piperazine rings is 1. The summed E-state index contributed by atoms with van der Waals surface area (Å²) in [7, 11) is 1.64. The number of hydrogen-bond donors (Lipinski definition) is 1. The SMILES string of the molecule is CCn1c(N2CCN(Cc3ccccc3C)CC2)nc2c1c(=O)[nH]c(=O)n2C. The first-order valence-corrected chi connectivity index (χ1v) is 9.71. The van der Waals surface area contributed by atoms with E-state index in [2.05, 4.69) is 51.0 Å². The molecule has 0 amide bonds. The fourth-order valence-electron chi connectivity index (χ4n) is 3.90. The first-order chi connectivity index (χ1) is 13.5. The van der Waals surface area contributed by atoms with Gasteiger partial charge in [-0.05, 0) is 25.0 Å². The number of aromatic nitrogens is 4. The highest BCUT2D eigenvalue weighted by Gasteiger charge is 2.24. The van der Waals surface area contributed by atoms with Crippen molar-refractivity contribution in [1.82, 2.24) is 24.0 Å². The van der Waals surface area contributed by atoms with Gasteiger partial charge in [-0.25, -0.2) is 4.79 Å². The molecule has 148 valence electrons. The van der Waals surface area contributed by atoms with E-state index in [1.165, 1.54) is 15.7 Å². The molecule has 1 aliphatic heterocycles. The van der Waals surface area contributed by atoms with Crippen LogP contribution < -0.4 is 16.1 Å². The second kappa shape index (κ2) is 7.27. The fourth-order valence-corrected chi connectivity index (χ4v) is 3.90. The highest BCUT2D eigenvalue weighted by molar-refractivity contribution is 5.74. The summed E-state index contributed by atoms with van der Waals surface area (Å²) in [5.41, 5.74) is 2.76. The summed E-state index contributed by atoms with van der Waals surface area (Å²) in [4.78, 5) is 36.0. The highest BCUT2D eigenvalue weighted by Crippen LogP contribution is 2.21. The standard InChI is InChI=1S/C20H26N6O2/c1-4-26-16-17(23(3)20(28)22-18(16)27)21-19(26)25-11-9-24(10-12-25)13-15-8-6-5-7-14(15)2/h5-8H,4,9-13H2,1-3H3,(H,22,27,28). The van der Waals surface area contributed by atoms with E-state index in [4.69, 9.17) is 0 Å². The fraction of sp³-hybridized carbons (Fsp3) is 0.450. The third kappa shape index (κ3) is 3.13. The lowest BCUT2D eigenvalue weighted by atomic mass is 10.1. The smallest absolute Gasteiger partial charge is 0.329 e. The Morgan fingerprint density at radius 2 is 1.82 bits per heavy atom. The maximum atomic E-state index is 12.4. The van der Waals surface area contributed by atoms with Gasteiger partial charge < -0.3 is 9.47 Å². The molecular formula is C20H26N6O2. The molecule has 0 atom stereocenters. The number of nitrogens with one attached hydrogen (secondary N) is 1. The molecule has 8 heteroatoms. The van der Waals surface area contributed by atoms with E-state index in [-0.39, 0.29) is 5.56 Å². The normalized spacial score (nSPS) is 15.5. The van der Waals surface area contributed by atoms with Crippen molar-refractivity contribution in [3.05, 3.63) is 56.2 Å². The van der Waals surface area contributed by atoms with Gasteiger partial charge in [-0.2, -0.15) is 4.98 Å². The molecule has 8 nitrogen and oxygen atoms in total. The zero-order chi connectivity index (χ0) is 19.8. The molecule has 3 aromatic rings. The lowest BCUT2D eigenvalue weighted by molar-refractivity contribution is 0.247. The van der Waals surface area contributed by atoms with Crippen LogP contribution in [0.15, 0.2) is 33.9 Å². The number of aryl methyl sites for hydroxylation is 3. The van der Waals surface area contributed by atoms with Crippen LogP contribution in [0.5, 0.6) is 0 Å². The van der Waals surface area contributed by atoms with Gasteiger partial charge in [-0.15, -0.1) is 0 Å². The Kier molecular flexibility index (Phi) is 4.80. The average molecular weight is 382 g/mol. The van der Waals surface area contributed by atoms with Gasteiger partial charge in [0.25, 0.3) is 5.56 Å². The van der Waals surface area contributed by atoms with Gasteiger partial charge >= 0.3 is 5.69 Å². The molecule has 1 fully saturated rings. The van der Waals surface area contributed by atoms with Crippen LogP contribution in [-0.2, 0) is 20.1 Å². The summed E-state index contributed by atoms with van der Waals surface area (Å²) in [6.45, 7) is 9.23. The minimum Gasteiger partial charge on any atom is -0.340 e. The van der Waals surface area contributed by atoms with Gasteiger partial charge in [-0.3, -0.25) is 19.2 Å². The number of aromatic amines is 1. The number of nitrogens with zero attached hydrogens (tertiary/aromatic N) is 5. The molecule has 2 aromatic heterocycles. The van der Waals surface area contributed by atoms with E-state index in [1.807, 2.05) is 11.5 Å². The summed E-state index contributed by atoms with van der Waals surface area (Å²) < 4.78 is 3.31. The topological polar surface area (TPSA) is 79.2 Å². The quantitative estimate of drug-likeness (QED) is 0.730. The monoisotopic (exact) mass is 382 g/mol. The van der Waals surface area contributed by atoms with E-state index >= 15 is 0 Å². The van der Waals surface area contributed by atoms with Crippen LogP contribution in [0.3, 0.4) is 0 Å². The second-order valence-corrected chi connectivity index (χ2v) is 7.34. The number of H-pyrrole nitrogens is 1. The van der Waals surface area contributed by atoms with E-state index in [9.17, 15) is 9.59 Å². The minimum atomic E-state index is -0.437. The largest absolute Gasteiger partial charge is 0.340 e. The van der Waals surface area contributed by atoms with E-state index < -0.39 is 5.69 Å². The van der Waals surface area contributed by atoms with Crippen LogP contribution >= 0.6 is 0 Å². The van der Waals surface area contributed by atoms with Crippen molar-refractivity contribution in [1.29, 1.82) is 0 Å². The molecule has 3 heterocycles. The summed E-state index contributed by atoms with van der Waals surface area (Å²) >= 11 is 0. The van der Waals surface area contributed by atoms with Crippen LogP contribution in [-0.4, -0.2) is 50.2 Å². The Labute approximate surface area is 163 Å².